The second-order valence-electron chi connectivity index (χ2n) is 2.46. The number of anilines is 1. The normalized spacial score (nSPS) is 9.64. The number of aromatic nitrogens is 1. The number of carbonyl (C=O) groups excluding carboxylic acids is 2. The van der Waals surface area contributed by atoms with Gasteiger partial charge in [-0.2, -0.15) is 0 Å². The van der Waals surface area contributed by atoms with Crippen LogP contribution in [0.15, 0.2) is 10.6 Å². The molecule has 6 nitrogen and oxygen atoms in total. The Balaban J connectivity index is 2.80. The molecule has 0 aliphatic rings. The van der Waals surface area contributed by atoms with Gasteiger partial charge in [-0.15, -0.1) is 0 Å². The van der Waals surface area contributed by atoms with Crippen LogP contribution in [0, 0.1) is 6.92 Å². The molecule has 0 fully saturated rings. The van der Waals surface area contributed by atoms with Crippen molar-refractivity contribution >= 4 is 40.5 Å². The summed E-state index contributed by atoms with van der Waals surface area (Å²) >= 11 is 1.69. The molecule has 0 saturated carbocycles. The number of hydrogen-bond donors (Lipinski definition) is 1. The maximum absolute atomic E-state index is 11.3. The van der Waals surface area contributed by atoms with Crippen molar-refractivity contribution in [1.29, 1.82) is 0 Å². The highest BCUT2D eigenvalue weighted by atomic mass is 127. The first-order valence-corrected chi connectivity index (χ1v) is 4.68. The van der Waals surface area contributed by atoms with Crippen molar-refractivity contribution in [2.45, 2.75) is 6.92 Å². The number of aryl methyl sites for hydroxylation is 1. The minimum Gasteiger partial charge on any atom is -0.360 e. The maximum Gasteiger partial charge on any atom is 0.326 e. The molecular formula is C7H8IN3O3. The lowest BCUT2D eigenvalue weighted by molar-refractivity contribution is -0.136. The van der Waals surface area contributed by atoms with Gasteiger partial charge in [-0.25, -0.2) is 3.11 Å². The third-order valence-electron chi connectivity index (χ3n) is 1.42. The molecule has 7 heteroatoms. The van der Waals surface area contributed by atoms with Crippen LogP contribution in [0.5, 0.6) is 0 Å². The van der Waals surface area contributed by atoms with E-state index in [2.05, 4.69) is 10.5 Å². The van der Waals surface area contributed by atoms with E-state index in [4.69, 9.17) is 4.52 Å². The molecule has 0 spiro atoms. The quantitative estimate of drug-likeness (QED) is 0.463. The zero-order valence-electron chi connectivity index (χ0n) is 7.57. The summed E-state index contributed by atoms with van der Waals surface area (Å²) in [7, 11) is 1.39. The fraction of sp³-hybridized carbons (Fsp3) is 0.286. The van der Waals surface area contributed by atoms with Gasteiger partial charge < -0.3 is 9.84 Å². The Morgan fingerprint density at radius 1 is 1.64 bits per heavy atom. The number of carbonyl (C=O) groups is 2. The molecule has 0 unspecified atom stereocenters. The van der Waals surface area contributed by atoms with Gasteiger partial charge in [0.25, 0.3) is 0 Å². The fourth-order valence-electron chi connectivity index (χ4n) is 0.746. The van der Waals surface area contributed by atoms with Crippen LogP contribution in [0.25, 0.3) is 0 Å². The molecule has 2 amide bonds. The van der Waals surface area contributed by atoms with Crippen LogP contribution < -0.4 is 8.43 Å². The minimum absolute atomic E-state index is 0.303. The van der Waals surface area contributed by atoms with Gasteiger partial charge in [-0.1, -0.05) is 5.16 Å². The Hall–Kier alpha value is -1.12. The van der Waals surface area contributed by atoms with Gasteiger partial charge in [0.05, 0.1) is 22.9 Å². The van der Waals surface area contributed by atoms with E-state index < -0.39 is 11.8 Å². The van der Waals surface area contributed by atoms with Crippen LogP contribution in [0.1, 0.15) is 5.76 Å². The van der Waals surface area contributed by atoms with E-state index in [1.807, 2.05) is 0 Å². The van der Waals surface area contributed by atoms with Gasteiger partial charge >= 0.3 is 11.8 Å². The number of amides is 2. The predicted octanol–water partition coefficient (Wildman–Crippen LogP) is 0.412. The number of halogens is 1. The number of rotatable bonds is 1. The molecule has 1 rings (SSSR count). The predicted molar refractivity (Wildman–Crippen MR) is 56.8 cm³/mol. The molecule has 0 saturated heterocycles. The molecule has 14 heavy (non-hydrogen) atoms. The zero-order valence-corrected chi connectivity index (χ0v) is 9.73. The van der Waals surface area contributed by atoms with Gasteiger partial charge in [0.15, 0.2) is 5.82 Å². The molecule has 0 aliphatic carbocycles. The van der Waals surface area contributed by atoms with Crippen LogP contribution in [0.4, 0.5) is 5.82 Å². The van der Waals surface area contributed by atoms with E-state index in [1.54, 1.807) is 35.9 Å². The van der Waals surface area contributed by atoms with E-state index in [1.165, 1.54) is 7.05 Å². The van der Waals surface area contributed by atoms with E-state index in [9.17, 15) is 9.59 Å². The van der Waals surface area contributed by atoms with Gasteiger partial charge in [-0.3, -0.25) is 9.59 Å². The highest BCUT2D eigenvalue weighted by Crippen LogP contribution is 2.17. The molecule has 1 heterocycles. The van der Waals surface area contributed by atoms with Gasteiger partial charge in [-0.05, 0) is 6.92 Å². The van der Waals surface area contributed by atoms with Crippen LogP contribution in [0.3, 0.4) is 0 Å². The van der Waals surface area contributed by atoms with E-state index in [0.29, 0.717) is 11.6 Å². The van der Waals surface area contributed by atoms with Crippen molar-refractivity contribution in [1.82, 2.24) is 10.5 Å². The van der Waals surface area contributed by atoms with Crippen LogP contribution in [0.2, 0.25) is 0 Å². The zero-order chi connectivity index (χ0) is 10.7. The molecule has 0 radical (unpaired) electrons. The van der Waals surface area contributed by atoms with Crippen molar-refractivity contribution in [3.63, 3.8) is 0 Å². The third kappa shape index (κ3) is 2.22. The Kier molecular flexibility index (Phi) is 3.44. The van der Waals surface area contributed by atoms with Crippen LogP contribution >= 0.6 is 22.9 Å². The summed E-state index contributed by atoms with van der Waals surface area (Å²) in [5, 5.41) is 5.82. The van der Waals surface area contributed by atoms with Crippen molar-refractivity contribution < 1.29 is 14.1 Å². The standard InChI is InChI=1S/C7H8IN3O3/c1-4-3-5(10-14-4)11(8)7(13)6(12)9-2/h3H,1-2H3,(H,9,12). The molecular weight excluding hydrogens is 301 g/mol. The monoisotopic (exact) mass is 309 g/mol. The first-order valence-electron chi connectivity index (χ1n) is 3.71. The fourth-order valence-corrected chi connectivity index (χ4v) is 1.19. The van der Waals surface area contributed by atoms with E-state index >= 15 is 0 Å². The molecule has 1 N–H and O–H groups in total. The Morgan fingerprint density at radius 3 is 2.71 bits per heavy atom. The van der Waals surface area contributed by atoms with Gasteiger partial charge in [0.1, 0.15) is 5.76 Å². The lowest BCUT2D eigenvalue weighted by atomic mass is 10.4. The summed E-state index contributed by atoms with van der Waals surface area (Å²) < 4.78 is 5.86. The highest BCUT2D eigenvalue weighted by molar-refractivity contribution is 14.1. The maximum atomic E-state index is 11.3. The molecule has 0 aromatic carbocycles. The summed E-state index contributed by atoms with van der Waals surface area (Å²) in [6.07, 6.45) is 0. The molecule has 1 aromatic rings. The molecule has 0 bridgehead atoms. The highest BCUT2D eigenvalue weighted by Gasteiger charge is 2.22. The Morgan fingerprint density at radius 2 is 2.29 bits per heavy atom. The average Bonchev–Trinajstić information content (AvgIpc) is 2.61. The van der Waals surface area contributed by atoms with Crippen LogP contribution in [-0.2, 0) is 9.59 Å². The minimum atomic E-state index is -0.694. The number of likely N-dealkylation sites (N-methyl/N-ethyl adjacent to an activating group) is 1. The molecule has 76 valence electrons. The van der Waals surface area contributed by atoms with Crippen molar-refractivity contribution in [3.8, 4) is 0 Å². The Labute approximate surface area is 94.1 Å². The SMILES string of the molecule is CNC(=O)C(=O)N(I)c1cc(C)on1. The average molecular weight is 309 g/mol. The lowest BCUT2D eigenvalue weighted by Crippen LogP contribution is -2.36. The first-order chi connectivity index (χ1) is 6.56. The molecule has 0 atom stereocenters. The Bertz CT molecular complexity index is 363. The third-order valence-corrected chi connectivity index (χ3v) is 2.35. The number of nitrogens with one attached hydrogen (secondary N) is 1. The summed E-state index contributed by atoms with van der Waals surface area (Å²) in [4.78, 5) is 22.3. The first kappa shape index (κ1) is 11.0. The van der Waals surface area contributed by atoms with Crippen molar-refractivity contribution in [3.05, 3.63) is 11.8 Å². The summed E-state index contributed by atoms with van der Waals surface area (Å²) in [6.45, 7) is 1.70. The van der Waals surface area contributed by atoms with Gasteiger partial charge in [0, 0.05) is 13.1 Å². The summed E-state index contributed by atoms with van der Waals surface area (Å²) in [6, 6.07) is 1.56. The molecule has 0 aliphatic heterocycles. The summed E-state index contributed by atoms with van der Waals surface area (Å²) in [5.41, 5.74) is 0. The number of hydrogen-bond acceptors (Lipinski definition) is 4. The lowest BCUT2D eigenvalue weighted by Gasteiger charge is -2.08. The summed E-state index contributed by atoms with van der Waals surface area (Å²) in [5.74, 6) is -0.510. The van der Waals surface area contributed by atoms with E-state index in [0.717, 1.165) is 3.11 Å². The van der Waals surface area contributed by atoms with Crippen molar-refractivity contribution in [2.75, 3.05) is 10.2 Å². The smallest absolute Gasteiger partial charge is 0.326 e. The molecule has 1 aromatic heterocycles. The van der Waals surface area contributed by atoms with E-state index in [-0.39, 0.29) is 0 Å². The van der Waals surface area contributed by atoms with Gasteiger partial charge in [0.2, 0.25) is 0 Å². The van der Waals surface area contributed by atoms with Crippen molar-refractivity contribution in [2.24, 2.45) is 0 Å². The number of nitrogens with zero attached hydrogens (tertiary/aromatic N) is 2. The largest absolute Gasteiger partial charge is 0.360 e. The topological polar surface area (TPSA) is 75.4 Å². The van der Waals surface area contributed by atoms with Crippen LogP contribution in [-0.4, -0.2) is 24.0 Å². The second-order valence-corrected chi connectivity index (χ2v) is 3.43. The second kappa shape index (κ2) is 4.40.